The van der Waals surface area contributed by atoms with Crippen LogP contribution < -0.4 is 4.74 Å². The summed E-state index contributed by atoms with van der Waals surface area (Å²) in [6.07, 6.45) is 5.70. The molecule has 0 amide bonds. The maximum Gasteiger partial charge on any atom is 0.150 e. The molecule has 0 saturated heterocycles. The van der Waals surface area contributed by atoms with Crippen molar-refractivity contribution in [3.8, 4) is 5.75 Å². The molecule has 3 heteroatoms. The molecule has 0 atom stereocenters. The van der Waals surface area contributed by atoms with Gasteiger partial charge in [0.15, 0.2) is 0 Å². The topological polar surface area (TPSA) is 29.5 Å². The lowest BCUT2D eigenvalue weighted by Crippen LogP contribution is -2.23. The molecule has 0 aliphatic rings. The predicted octanol–water partition coefficient (Wildman–Crippen LogP) is 3.78. The van der Waals surface area contributed by atoms with Gasteiger partial charge in [-0.15, -0.1) is 0 Å². The van der Waals surface area contributed by atoms with Gasteiger partial charge in [0, 0.05) is 5.56 Å². The van der Waals surface area contributed by atoms with Crippen LogP contribution in [0.3, 0.4) is 0 Å². The molecule has 1 rings (SSSR count). The normalized spacial score (nSPS) is 10.8. The van der Waals surface area contributed by atoms with Gasteiger partial charge < -0.3 is 9.64 Å². The third-order valence-electron chi connectivity index (χ3n) is 3.55. The molecule has 0 unspecified atom stereocenters. The van der Waals surface area contributed by atoms with Crippen LogP contribution in [0.25, 0.3) is 0 Å². The average molecular weight is 277 g/mol. The number of benzene rings is 1. The van der Waals surface area contributed by atoms with Gasteiger partial charge in [-0.3, -0.25) is 4.79 Å². The van der Waals surface area contributed by atoms with Crippen LogP contribution in [0, 0.1) is 0 Å². The number of hydrogen-bond donors (Lipinski definition) is 0. The highest BCUT2D eigenvalue weighted by Crippen LogP contribution is 2.12. The molecule has 0 fully saturated rings. The van der Waals surface area contributed by atoms with Crippen molar-refractivity contribution in [2.24, 2.45) is 0 Å². The Morgan fingerprint density at radius 3 is 2.25 bits per heavy atom. The van der Waals surface area contributed by atoms with Gasteiger partial charge in [0.05, 0.1) is 6.61 Å². The molecule has 0 aromatic heterocycles. The van der Waals surface area contributed by atoms with E-state index in [1.807, 2.05) is 12.1 Å². The Bertz CT molecular complexity index is 358. The smallest absolute Gasteiger partial charge is 0.150 e. The van der Waals surface area contributed by atoms with Gasteiger partial charge in [-0.2, -0.15) is 0 Å². The summed E-state index contributed by atoms with van der Waals surface area (Å²) in [5.41, 5.74) is 0.689. The van der Waals surface area contributed by atoms with E-state index < -0.39 is 0 Å². The SMILES string of the molecule is CCN(CC)CCCCCCOc1ccc(C=O)cc1. The Labute approximate surface area is 122 Å². The summed E-state index contributed by atoms with van der Waals surface area (Å²) in [4.78, 5) is 13.0. The van der Waals surface area contributed by atoms with E-state index in [9.17, 15) is 4.79 Å². The minimum Gasteiger partial charge on any atom is -0.494 e. The van der Waals surface area contributed by atoms with E-state index >= 15 is 0 Å². The van der Waals surface area contributed by atoms with Crippen LogP contribution in [-0.2, 0) is 0 Å². The summed E-state index contributed by atoms with van der Waals surface area (Å²) in [5, 5.41) is 0. The summed E-state index contributed by atoms with van der Waals surface area (Å²) in [6.45, 7) is 8.69. The van der Waals surface area contributed by atoms with Gasteiger partial charge in [0.1, 0.15) is 12.0 Å². The Morgan fingerprint density at radius 1 is 1.00 bits per heavy atom. The number of aldehydes is 1. The Balaban J connectivity index is 2.02. The number of nitrogens with zero attached hydrogens (tertiary/aromatic N) is 1. The van der Waals surface area contributed by atoms with Crippen LogP contribution in [0.5, 0.6) is 5.75 Å². The van der Waals surface area contributed by atoms with E-state index in [2.05, 4.69) is 18.7 Å². The van der Waals surface area contributed by atoms with Crippen LogP contribution in [0.15, 0.2) is 24.3 Å². The van der Waals surface area contributed by atoms with E-state index in [1.165, 1.54) is 25.8 Å². The molecule has 0 spiro atoms. The first-order chi connectivity index (χ1) is 9.80. The highest BCUT2D eigenvalue weighted by molar-refractivity contribution is 5.74. The number of hydrogen-bond acceptors (Lipinski definition) is 3. The van der Waals surface area contributed by atoms with Gasteiger partial charge in [0.2, 0.25) is 0 Å². The molecule has 20 heavy (non-hydrogen) atoms. The van der Waals surface area contributed by atoms with Crippen molar-refractivity contribution in [2.75, 3.05) is 26.2 Å². The predicted molar refractivity (Wildman–Crippen MR) is 83.6 cm³/mol. The molecule has 1 aromatic rings. The fourth-order valence-electron chi connectivity index (χ4n) is 2.16. The van der Waals surface area contributed by atoms with E-state index in [0.717, 1.165) is 38.2 Å². The zero-order valence-electron chi connectivity index (χ0n) is 12.8. The molecule has 0 aliphatic carbocycles. The minimum atomic E-state index is 0.689. The molecular weight excluding hydrogens is 250 g/mol. The molecule has 0 aliphatic heterocycles. The first-order valence-electron chi connectivity index (χ1n) is 7.70. The van der Waals surface area contributed by atoms with Crippen molar-refractivity contribution in [1.29, 1.82) is 0 Å². The zero-order chi connectivity index (χ0) is 14.6. The summed E-state index contributed by atoms with van der Waals surface area (Å²) in [6, 6.07) is 7.27. The second kappa shape index (κ2) is 10.4. The summed E-state index contributed by atoms with van der Waals surface area (Å²) in [5.74, 6) is 0.846. The standard InChI is InChI=1S/C17H27NO2/c1-3-18(4-2)13-7-5-6-8-14-20-17-11-9-16(15-19)10-12-17/h9-12,15H,3-8,13-14H2,1-2H3. The number of carbonyl (C=O) groups excluding carboxylic acids is 1. The zero-order valence-corrected chi connectivity index (χ0v) is 12.8. The Hall–Kier alpha value is -1.35. The molecule has 3 nitrogen and oxygen atoms in total. The average Bonchev–Trinajstić information content (AvgIpc) is 2.51. The third-order valence-corrected chi connectivity index (χ3v) is 3.55. The van der Waals surface area contributed by atoms with Crippen LogP contribution >= 0.6 is 0 Å². The monoisotopic (exact) mass is 277 g/mol. The van der Waals surface area contributed by atoms with Crippen molar-refractivity contribution in [3.63, 3.8) is 0 Å². The molecule has 0 heterocycles. The van der Waals surface area contributed by atoms with Crippen molar-refractivity contribution < 1.29 is 9.53 Å². The number of ether oxygens (including phenoxy) is 1. The fourth-order valence-corrected chi connectivity index (χ4v) is 2.16. The highest BCUT2D eigenvalue weighted by atomic mass is 16.5. The van der Waals surface area contributed by atoms with Crippen molar-refractivity contribution in [3.05, 3.63) is 29.8 Å². The first kappa shape index (κ1) is 16.7. The molecular formula is C17H27NO2. The molecule has 112 valence electrons. The van der Waals surface area contributed by atoms with Crippen molar-refractivity contribution >= 4 is 6.29 Å². The second-order valence-electron chi connectivity index (χ2n) is 4.98. The van der Waals surface area contributed by atoms with E-state index in [4.69, 9.17) is 4.74 Å². The van der Waals surface area contributed by atoms with Crippen LogP contribution in [0.2, 0.25) is 0 Å². The van der Waals surface area contributed by atoms with Crippen LogP contribution in [0.4, 0.5) is 0 Å². The van der Waals surface area contributed by atoms with Gasteiger partial charge in [0.25, 0.3) is 0 Å². The number of rotatable bonds is 11. The van der Waals surface area contributed by atoms with Crippen LogP contribution in [-0.4, -0.2) is 37.4 Å². The lowest BCUT2D eigenvalue weighted by Gasteiger charge is -2.17. The highest BCUT2D eigenvalue weighted by Gasteiger charge is 1.98. The lowest BCUT2D eigenvalue weighted by molar-refractivity contribution is 0.112. The molecule has 0 N–H and O–H groups in total. The lowest BCUT2D eigenvalue weighted by atomic mass is 10.2. The summed E-state index contributed by atoms with van der Waals surface area (Å²) < 4.78 is 5.65. The maximum atomic E-state index is 10.5. The quantitative estimate of drug-likeness (QED) is 0.455. The van der Waals surface area contributed by atoms with Gasteiger partial charge >= 0.3 is 0 Å². The minimum absolute atomic E-state index is 0.689. The van der Waals surface area contributed by atoms with Gasteiger partial charge in [-0.25, -0.2) is 0 Å². The van der Waals surface area contributed by atoms with E-state index in [-0.39, 0.29) is 0 Å². The molecule has 0 saturated carbocycles. The maximum absolute atomic E-state index is 10.5. The van der Waals surface area contributed by atoms with Crippen molar-refractivity contribution in [2.45, 2.75) is 39.5 Å². The third kappa shape index (κ3) is 6.71. The Kier molecular flexibility index (Phi) is 8.72. The van der Waals surface area contributed by atoms with Crippen LogP contribution in [0.1, 0.15) is 49.9 Å². The number of carbonyl (C=O) groups is 1. The van der Waals surface area contributed by atoms with Gasteiger partial charge in [-0.1, -0.05) is 26.7 Å². The fraction of sp³-hybridized carbons (Fsp3) is 0.588. The second-order valence-corrected chi connectivity index (χ2v) is 4.98. The Morgan fingerprint density at radius 2 is 1.65 bits per heavy atom. The summed E-state index contributed by atoms with van der Waals surface area (Å²) in [7, 11) is 0. The van der Waals surface area contributed by atoms with E-state index in [1.54, 1.807) is 12.1 Å². The molecule has 1 aromatic carbocycles. The van der Waals surface area contributed by atoms with E-state index in [0.29, 0.717) is 5.56 Å². The van der Waals surface area contributed by atoms with Gasteiger partial charge in [-0.05, 0) is 56.7 Å². The largest absolute Gasteiger partial charge is 0.494 e. The molecule has 0 bridgehead atoms. The first-order valence-corrected chi connectivity index (χ1v) is 7.70. The molecule has 0 radical (unpaired) electrons. The number of unbranched alkanes of at least 4 members (excludes halogenated alkanes) is 3. The summed E-state index contributed by atoms with van der Waals surface area (Å²) >= 11 is 0. The van der Waals surface area contributed by atoms with Crippen molar-refractivity contribution in [1.82, 2.24) is 4.90 Å².